The lowest BCUT2D eigenvalue weighted by atomic mass is 10.1. The standard InChI is InChI=1S/C15H25N3O4S.ClH/c1-10-12(17-14(19)11(16)9-22-5)7-6-8-13(10)23(20,21)18-15(2,3)4;/h6-8,11,18H,9,16H2,1-5H3,(H,17,19);1H. The fourth-order valence-electron chi connectivity index (χ4n) is 1.98. The highest BCUT2D eigenvalue weighted by molar-refractivity contribution is 7.89. The van der Waals surface area contributed by atoms with E-state index >= 15 is 0 Å². The predicted octanol–water partition coefficient (Wildman–Crippen LogP) is 1.41. The molecule has 1 aromatic carbocycles. The third-order valence-corrected chi connectivity index (χ3v) is 4.86. The van der Waals surface area contributed by atoms with Gasteiger partial charge in [0.15, 0.2) is 0 Å². The Balaban J connectivity index is 0.00000529. The number of halogens is 1. The predicted molar refractivity (Wildman–Crippen MR) is 97.0 cm³/mol. The molecule has 0 heterocycles. The molecule has 1 aromatic rings. The number of hydrogen-bond donors (Lipinski definition) is 3. The molecule has 0 saturated carbocycles. The van der Waals surface area contributed by atoms with Crippen LogP contribution in [0.3, 0.4) is 0 Å². The number of benzene rings is 1. The molecule has 1 rings (SSSR count). The molecule has 0 aliphatic carbocycles. The Morgan fingerprint density at radius 2 is 1.92 bits per heavy atom. The summed E-state index contributed by atoms with van der Waals surface area (Å²) >= 11 is 0. The van der Waals surface area contributed by atoms with Gasteiger partial charge in [0.25, 0.3) is 0 Å². The van der Waals surface area contributed by atoms with Gasteiger partial charge >= 0.3 is 0 Å². The molecule has 9 heteroatoms. The second kappa shape index (κ2) is 8.77. The van der Waals surface area contributed by atoms with Crippen molar-refractivity contribution >= 4 is 34.0 Å². The number of anilines is 1. The summed E-state index contributed by atoms with van der Waals surface area (Å²) in [6.45, 7) is 6.99. The lowest BCUT2D eigenvalue weighted by molar-refractivity contribution is -0.118. The van der Waals surface area contributed by atoms with Crippen molar-refractivity contribution in [1.29, 1.82) is 0 Å². The molecule has 4 N–H and O–H groups in total. The maximum atomic E-state index is 12.5. The number of ether oxygens (including phenoxy) is 1. The van der Waals surface area contributed by atoms with Crippen molar-refractivity contribution in [3.05, 3.63) is 23.8 Å². The minimum Gasteiger partial charge on any atom is -0.383 e. The minimum atomic E-state index is -3.69. The minimum absolute atomic E-state index is 0. The zero-order valence-electron chi connectivity index (χ0n) is 14.5. The maximum absolute atomic E-state index is 12.5. The van der Waals surface area contributed by atoms with Gasteiger partial charge in [-0.2, -0.15) is 0 Å². The van der Waals surface area contributed by atoms with Gasteiger partial charge < -0.3 is 15.8 Å². The van der Waals surface area contributed by atoms with E-state index < -0.39 is 27.5 Å². The first kappa shape index (κ1) is 22.8. The van der Waals surface area contributed by atoms with Crippen LogP contribution in [0.4, 0.5) is 5.69 Å². The largest absolute Gasteiger partial charge is 0.383 e. The molecule has 0 fully saturated rings. The first-order valence-corrected chi connectivity index (χ1v) is 8.65. The quantitative estimate of drug-likeness (QED) is 0.692. The molecule has 7 nitrogen and oxygen atoms in total. The molecule has 138 valence electrons. The first-order valence-electron chi connectivity index (χ1n) is 7.17. The molecular weight excluding hydrogens is 354 g/mol. The van der Waals surface area contributed by atoms with Crippen molar-refractivity contribution in [3.63, 3.8) is 0 Å². The Kier molecular flexibility index (Phi) is 8.34. The van der Waals surface area contributed by atoms with Gasteiger partial charge in [-0.3, -0.25) is 4.79 Å². The van der Waals surface area contributed by atoms with Crippen molar-refractivity contribution in [1.82, 2.24) is 4.72 Å². The summed E-state index contributed by atoms with van der Waals surface area (Å²) in [7, 11) is -2.25. The van der Waals surface area contributed by atoms with Crippen LogP contribution < -0.4 is 15.8 Å². The number of hydrogen-bond acceptors (Lipinski definition) is 5. The third-order valence-electron chi connectivity index (χ3n) is 2.96. The molecule has 0 bridgehead atoms. The smallest absolute Gasteiger partial charge is 0.243 e. The van der Waals surface area contributed by atoms with Gasteiger partial charge in [0.05, 0.1) is 11.5 Å². The zero-order valence-corrected chi connectivity index (χ0v) is 16.2. The fourth-order valence-corrected chi connectivity index (χ4v) is 3.67. The van der Waals surface area contributed by atoms with Crippen LogP contribution in [0.5, 0.6) is 0 Å². The van der Waals surface area contributed by atoms with Gasteiger partial charge in [-0.25, -0.2) is 13.1 Å². The lowest BCUT2D eigenvalue weighted by Crippen LogP contribution is -2.41. The van der Waals surface area contributed by atoms with E-state index in [1.807, 2.05) is 0 Å². The molecule has 1 atom stereocenters. The second-order valence-electron chi connectivity index (χ2n) is 6.34. The molecular formula is C15H26ClN3O4S. The summed E-state index contributed by atoms with van der Waals surface area (Å²) in [6.07, 6.45) is 0. The molecule has 0 radical (unpaired) electrons. The number of rotatable bonds is 6. The highest BCUT2D eigenvalue weighted by atomic mass is 35.5. The molecule has 0 aliphatic heterocycles. The van der Waals surface area contributed by atoms with E-state index in [9.17, 15) is 13.2 Å². The number of carbonyl (C=O) groups is 1. The van der Waals surface area contributed by atoms with Crippen LogP contribution in [-0.2, 0) is 19.6 Å². The van der Waals surface area contributed by atoms with Gasteiger partial charge in [0.2, 0.25) is 15.9 Å². The Bertz CT molecular complexity index is 672. The maximum Gasteiger partial charge on any atom is 0.243 e. The van der Waals surface area contributed by atoms with Crippen LogP contribution in [0, 0.1) is 6.92 Å². The molecule has 1 amide bonds. The van der Waals surface area contributed by atoms with Crippen LogP contribution in [0.1, 0.15) is 26.3 Å². The number of nitrogens with one attached hydrogen (secondary N) is 2. The average molecular weight is 380 g/mol. The summed E-state index contributed by atoms with van der Waals surface area (Å²) in [5.74, 6) is -0.437. The third kappa shape index (κ3) is 6.37. The van der Waals surface area contributed by atoms with E-state index in [-0.39, 0.29) is 23.9 Å². The number of methoxy groups -OCH3 is 1. The Morgan fingerprint density at radius 1 is 1.33 bits per heavy atom. The number of carbonyl (C=O) groups excluding carboxylic acids is 1. The van der Waals surface area contributed by atoms with Gasteiger partial charge in [0, 0.05) is 18.3 Å². The van der Waals surface area contributed by atoms with E-state index in [1.165, 1.54) is 13.2 Å². The van der Waals surface area contributed by atoms with Crippen molar-refractivity contribution in [2.45, 2.75) is 44.2 Å². The van der Waals surface area contributed by atoms with Gasteiger partial charge in [-0.05, 0) is 45.4 Å². The van der Waals surface area contributed by atoms with Crippen molar-refractivity contribution in [3.8, 4) is 0 Å². The summed E-state index contributed by atoms with van der Waals surface area (Å²) in [5, 5.41) is 2.63. The van der Waals surface area contributed by atoms with Crippen molar-refractivity contribution in [2.24, 2.45) is 5.73 Å². The van der Waals surface area contributed by atoms with Crippen LogP contribution in [0.25, 0.3) is 0 Å². The molecule has 0 aromatic heterocycles. The number of nitrogens with two attached hydrogens (primary N) is 1. The molecule has 0 aliphatic rings. The molecule has 24 heavy (non-hydrogen) atoms. The van der Waals surface area contributed by atoms with Crippen LogP contribution in [-0.4, -0.2) is 39.6 Å². The number of sulfonamides is 1. The highest BCUT2D eigenvalue weighted by Gasteiger charge is 2.25. The van der Waals surface area contributed by atoms with Gasteiger partial charge in [-0.1, -0.05) is 6.07 Å². The zero-order chi connectivity index (χ0) is 17.8. The Labute approximate surface area is 149 Å². The van der Waals surface area contributed by atoms with Crippen molar-refractivity contribution in [2.75, 3.05) is 19.0 Å². The van der Waals surface area contributed by atoms with Gasteiger partial charge in [-0.15, -0.1) is 12.4 Å². The summed E-state index contributed by atoms with van der Waals surface area (Å²) in [6, 6.07) is 3.87. The van der Waals surface area contributed by atoms with E-state index in [0.717, 1.165) is 0 Å². The number of amides is 1. The molecule has 1 unspecified atom stereocenters. The topological polar surface area (TPSA) is 111 Å². The first-order chi connectivity index (χ1) is 10.5. The van der Waals surface area contributed by atoms with E-state index in [2.05, 4.69) is 10.0 Å². The second-order valence-corrected chi connectivity index (χ2v) is 7.99. The monoisotopic (exact) mass is 379 g/mol. The van der Waals surface area contributed by atoms with E-state index in [4.69, 9.17) is 10.5 Å². The Morgan fingerprint density at radius 3 is 2.42 bits per heavy atom. The summed E-state index contributed by atoms with van der Waals surface area (Å²) in [4.78, 5) is 12.1. The Hall–Kier alpha value is -1.19. The van der Waals surface area contributed by atoms with E-state index in [1.54, 1.807) is 39.8 Å². The highest BCUT2D eigenvalue weighted by Crippen LogP contribution is 2.24. The summed E-state index contributed by atoms with van der Waals surface area (Å²) in [5.41, 5.74) is 5.91. The van der Waals surface area contributed by atoms with Crippen LogP contribution in [0.2, 0.25) is 0 Å². The van der Waals surface area contributed by atoms with E-state index in [0.29, 0.717) is 11.3 Å². The molecule has 0 saturated heterocycles. The van der Waals surface area contributed by atoms with Gasteiger partial charge in [0.1, 0.15) is 6.04 Å². The normalized spacial score (nSPS) is 13.1. The lowest BCUT2D eigenvalue weighted by Gasteiger charge is -2.22. The average Bonchev–Trinajstić information content (AvgIpc) is 2.38. The SMILES string of the molecule is COCC(N)C(=O)Nc1cccc(S(=O)(=O)NC(C)(C)C)c1C.Cl. The van der Waals surface area contributed by atoms with Crippen LogP contribution in [0.15, 0.2) is 23.1 Å². The molecule has 0 spiro atoms. The summed E-state index contributed by atoms with van der Waals surface area (Å²) < 4.78 is 32.4. The van der Waals surface area contributed by atoms with Crippen molar-refractivity contribution < 1.29 is 17.9 Å². The fraction of sp³-hybridized carbons (Fsp3) is 0.533. The van der Waals surface area contributed by atoms with Crippen LogP contribution >= 0.6 is 12.4 Å².